The smallest absolute Gasteiger partial charge is 0.0448 e. The van der Waals surface area contributed by atoms with Gasteiger partial charge in [-0.2, -0.15) is 0 Å². The highest BCUT2D eigenvalue weighted by atomic mass is 15.2. The lowest BCUT2D eigenvalue weighted by atomic mass is 10.0. The Hall–Kier alpha value is -2.00. The van der Waals surface area contributed by atoms with Gasteiger partial charge in [0.15, 0.2) is 0 Å². The van der Waals surface area contributed by atoms with Crippen LogP contribution in [0.15, 0.2) is 48.5 Å². The Kier molecular flexibility index (Phi) is 3.61. The number of rotatable bonds is 2. The maximum absolute atomic E-state index is 5.99. The van der Waals surface area contributed by atoms with Crippen LogP contribution in [-0.4, -0.2) is 38.1 Å². The summed E-state index contributed by atoms with van der Waals surface area (Å²) >= 11 is 0. The van der Waals surface area contributed by atoms with Gasteiger partial charge in [0, 0.05) is 43.1 Å². The molecule has 3 heteroatoms. The van der Waals surface area contributed by atoms with Gasteiger partial charge < -0.3 is 15.5 Å². The SMILES string of the molecule is CN1CCN(c2ccc(N)cc2-c2ccccc2)CC1. The predicted molar refractivity (Wildman–Crippen MR) is 86.0 cm³/mol. The molecule has 20 heavy (non-hydrogen) atoms. The van der Waals surface area contributed by atoms with Gasteiger partial charge in [0.1, 0.15) is 0 Å². The van der Waals surface area contributed by atoms with Crippen molar-refractivity contribution in [3.8, 4) is 11.1 Å². The summed E-state index contributed by atoms with van der Waals surface area (Å²) < 4.78 is 0. The Labute approximate surface area is 120 Å². The van der Waals surface area contributed by atoms with E-state index in [4.69, 9.17) is 5.73 Å². The second-order valence-electron chi connectivity index (χ2n) is 5.43. The number of hydrogen-bond acceptors (Lipinski definition) is 3. The van der Waals surface area contributed by atoms with Crippen molar-refractivity contribution in [2.45, 2.75) is 0 Å². The van der Waals surface area contributed by atoms with E-state index in [1.807, 2.05) is 12.1 Å². The average Bonchev–Trinajstić information content (AvgIpc) is 2.49. The molecule has 1 aliphatic rings. The Morgan fingerprint density at radius 3 is 2.30 bits per heavy atom. The highest BCUT2D eigenvalue weighted by Crippen LogP contribution is 2.33. The molecule has 1 aliphatic heterocycles. The zero-order valence-corrected chi connectivity index (χ0v) is 11.9. The number of nitrogens with zero attached hydrogens (tertiary/aromatic N) is 2. The summed E-state index contributed by atoms with van der Waals surface area (Å²) in [4.78, 5) is 4.83. The molecular formula is C17H21N3. The molecule has 2 N–H and O–H groups in total. The van der Waals surface area contributed by atoms with E-state index in [0.29, 0.717) is 0 Å². The molecule has 0 bridgehead atoms. The zero-order chi connectivity index (χ0) is 13.9. The summed E-state index contributed by atoms with van der Waals surface area (Å²) in [7, 11) is 2.18. The molecule has 0 radical (unpaired) electrons. The van der Waals surface area contributed by atoms with Gasteiger partial charge in [-0.15, -0.1) is 0 Å². The molecule has 0 saturated carbocycles. The first kappa shape index (κ1) is 13.0. The standard InChI is InChI=1S/C17H21N3/c1-19-9-11-20(12-10-19)17-8-7-15(18)13-16(17)14-5-3-2-4-6-14/h2-8,13H,9-12,18H2,1H3. The number of likely N-dealkylation sites (N-methyl/N-ethyl adjacent to an activating group) is 1. The van der Waals surface area contributed by atoms with Gasteiger partial charge in [-0.1, -0.05) is 30.3 Å². The molecule has 1 heterocycles. The fraction of sp³-hybridized carbons (Fsp3) is 0.294. The number of anilines is 2. The van der Waals surface area contributed by atoms with Gasteiger partial charge >= 0.3 is 0 Å². The van der Waals surface area contributed by atoms with Gasteiger partial charge in [-0.25, -0.2) is 0 Å². The van der Waals surface area contributed by atoms with Gasteiger partial charge in [-0.3, -0.25) is 0 Å². The van der Waals surface area contributed by atoms with Crippen molar-refractivity contribution in [2.24, 2.45) is 0 Å². The van der Waals surface area contributed by atoms with Crippen LogP contribution < -0.4 is 10.6 Å². The van der Waals surface area contributed by atoms with E-state index in [1.165, 1.54) is 16.8 Å². The van der Waals surface area contributed by atoms with Crippen molar-refractivity contribution in [3.05, 3.63) is 48.5 Å². The minimum absolute atomic E-state index is 0.821. The van der Waals surface area contributed by atoms with E-state index in [0.717, 1.165) is 31.9 Å². The number of hydrogen-bond donors (Lipinski definition) is 1. The third-order valence-corrected chi connectivity index (χ3v) is 3.95. The fourth-order valence-electron chi connectivity index (χ4n) is 2.73. The molecule has 0 unspecified atom stereocenters. The number of piperazine rings is 1. The fourth-order valence-corrected chi connectivity index (χ4v) is 2.73. The molecule has 2 aromatic carbocycles. The first-order chi connectivity index (χ1) is 9.74. The minimum atomic E-state index is 0.821. The Bertz CT molecular complexity index is 572. The van der Waals surface area contributed by atoms with E-state index >= 15 is 0 Å². The third-order valence-electron chi connectivity index (χ3n) is 3.95. The van der Waals surface area contributed by atoms with Crippen LogP contribution in [0.25, 0.3) is 11.1 Å². The molecule has 1 fully saturated rings. The van der Waals surface area contributed by atoms with Crippen LogP contribution in [0, 0.1) is 0 Å². The number of nitrogens with two attached hydrogens (primary N) is 1. The maximum Gasteiger partial charge on any atom is 0.0448 e. The normalized spacial score (nSPS) is 16.4. The molecule has 0 spiro atoms. The van der Waals surface area contributed by atoms with Crippen molar-refractivity contribution < 1.29 is 0 Å². The van der Waals surface area contributed by atoms with Crippen molar-refractivity contribution in [1.29, 1.82) is 0 Å². The van der Waals surface area contributed by atoms with Crippen LogP contribution >= 0.6 is 0 Å². The molecule has 0 aliphatic carbocycles. The summed E-state index contributed by atoms with van der Waals surface area (Å²) in [6.07, 6.45) is 0. The molecule has 2 aromatic rings. The third kappa shape index (κ3) is 2.63. The van der Waals surface area contributed by atoms with Gasteiger partial charge in [0.2, 0.25) is 0 Å². The van der Waals surface area contributed by atoms with Crippen molar-refractivity contribution >= 4 is 11.4 Å². The predicted octanol–water partition coefficient (Wildman–Crippen LogP) is 2.69. The lowest BCUT2D eigenvalue weighted by Crippen LogP contribution is -2.44. The van der Waals surface area contributed by atoms with Gasteiger partial charge in [0.25, 0.3) is 0 Å². The Morgan fingerprint density at radius 2 is 1.60 bits per heavy atom. The average molecular weight is 267 g/mol. The van der Waals surface area contributed by atoms with E-state index in [9.17, 15) is 0 Å². The number of nitrogen functional groups attached to an aromatic ring is 1. The van der Waals surface area contributed by atoms with E-state index < -0.39 is 0 Å². The first-order valence-corrected chi connectivity index (χ1v) is 7.12. The highest BCUT2D eigenvalue weighted by Gasteiger charge is 2.17. The second-order valence-corrected chi connectivity index (χ2v) is 5.43. The van der Waals surface area contributed by atoms with Gasteiger partial charge in [-0.05, 0) is 30.8 Å². The van der Waals surface area contributed by atoms with Crippen LogP contribution in [0.1, 0.15) is 0 Å². The Balaban J connectivity index is 1.99. The quantitative estimate of drug-likeness (QED) is 0.849. The van der Waals surface area contributed by atoms with Crippen molar-refractivity contribution in [1.82, 2.24) is 4.90 Å². The topological polar surface area (TPSA) is 32.5 Å². The van der Waals surface area contributed by atoms with E-state index in [1.54, 1.807) is 0 Å². The summed E-state index contributed by atoms with van der Waals surface area (Å²) in [5.74, 6) is 0. The van der Waals surface area contributed by atoms with Crippen LogP contribution in [0.5, 0.6) is 0 Å². The second kappa shape index (κ2) is 5.55. The van der Waals surface area contributed by atoms with Crippen LogP contribution in [0.4, 0.5) is 11.4 Å². The molecule has 0 amide bonds. The summed E-state index contributed by atoms with van der Waals surface area (Å²) in [6.45, 7) is 4.36. The van der Waals surface area contributed by atoms with Crippen molar-refractivity contribution in [3.63, 3.8) is 0 Å². The molecule has 0 aromatic heterocycles. The lowest BCUT2D eigenvalue weighted by Gasteiger charge is -2.35. The highest BCUT2D eigenvalue weighted by molar-refractivity contribution is 5.81. The molecule has 104 valence electrons. The lowest BCUT2D eigenvalue weighted by molar-refractivity contribution is 0.313. The number of benzene rings is 2. The zero-order valence-electron chi connectivity index (χ0n) is 11.9. The summed E-state index contributed by atoms with van der Waals surface area (Å²) in [6, 6.07) is 16.7. The van der Waals surface area contributed by atoms with Crippen LogP contribution in [0.3, 0.4) is 0 Å². The van der Waals surface area contributed by atoms with Crippen LogP contribution in [-0.2, 0) is 0 Å². The maximum atomic E-state index is 5.99. The first-order valence-electron chi connectivity index (χ1n) is 7.12. The van der Waals surface area contributed by atoms with Crippen LogP contribution in [0.2, 0.25) is 0 Å². The monoisotopic (exact) mass is 267 g/mol. The summed E-state index contributed by atoms with van der Waals surface area (Å²) in [5.41, 5.74) is 10.6. The van der Waals surface area contributed by atoms with Gasteiger partial charge in [0.05, 0.1) is 0 Å². The molecule has 1 saturated heterocycles. The van der Waals surface area contributed by atoms with Crippen molar-refractivity contribution in [2.75, 3.05) is 43.9 Å². The Morgan fingerprint density at radius 1 is 0.900 bits per heavy atom. The largest absolute Gasteiger partial charge is 0.399 e. The molecule has 3 rings (SSSR count). The summed E-state index contributed by atoms with van der Waals surface area (Å²) in [5, 5.41) is 0. The molecule has 0 atom stereocenters. The van der Waals surface area contributed by atoms with E-state index in [2.05, 4.69) is 53.2 Å². The minimum Gasteiger partial charge on any atom is -0.399 e. The van der Waals surface area contributed by atoms with E-state index in [-0.39, 0.29) is 0 Å². The molecular weight excluding hydrogens is 246 g/mol. The molecule has 3 nitrogen and oxygen atoms in total.